The first-order chi connectivity index (χ1) is 18.7. The summed E-state index contributed by atoms with van der Waals surface area (Å²) in [4.78, 5) is 28.4. The molecule has 0 aromatic heterocycles. The fourth-order valence-corrected chi connectivity index (χ4v) is 6.10. The summed E-state index contributed by atoms with van der Waals surface area (Å²) in [6.45, 7) is 8.24. The van der Waals surface area contributed by atoms with Crippen LogP contribution in [-0.4, -0.2) is 43.8 Å². The van der Waals surface area contributed by atoms with Crippen LogP contribution in [0.3, 0.4) is 0 Å². The SMILES string of the molecule is Cc1ccc(S(=O)(=O)N(CC(=O)N(Cc2ccc(Cl)c(Cl)c2)[C@H](C)C(=O)NC(C)C)c2ccc(Cl)cc2C)cc1. The maximum atomic E-state index is 14.0. The van der Waals surface area contributed by atoms with Gasteiger partial charge in [0, 0.05) is 17.6 Å². The van der Waals surface area contributed by atoms with E-state index in [0.29, 0.717) is 31.9 Å². The number of carbonyl (C=O) groups excluding carboxylic acids is 2. The molecule has 40 heavy (non-hydrogen) atoms. The normalized spacial score (nSPS) is 12.2. The summed E-state index contributed by atoms with van der Waals surface area (Å²) in [7, 11) is -4.18. The van der Waals surface area contributed by atoms with Crippen LogP contribution in [0, 0.1) is 13.8 Å². The van der Waals surface area contributed by atoms with Gasteiger partial charge in [-0.05, 0) is 88.2 Å². The van der Waals surface area contributed by atoms with Gasteiger partial charge in [-0.15, -0.1) is 0 Å². The Morgan fingerprint density at radius 3 is 2.10 bits per heavy atom. The van der Waals surface area contributed by atoms with Gasteiger partial charge in [-0.2, -0.15) is 0 Å². The molecule has 0 saturated carbocycles. The topological polar surface area (TPSA) is 86.8 Å². The minimum Gasteiger partial charge on any atom is -0.352 e. The monoisotopic (exact) mass is 623 g/mol. The Bertz CT molecular complexity index is 1490. The minimum atomic E-state index is -4.18. The molecule has 0 aliphatic carbocycles. The zero-order valence-electron chi connectivity index (χ0n) is 22.9. The summed E-state index contributed by atoms with van der Waals surface area (Å²) >= 11 is 18.4. The van der Waals surface area contributed by atoms with E-state index in [2.05, 4.69) is 5.32 Å². The van der Waals surface area contributed by atoms with Gasteiger partial charge in [0.05, 0.1) is 20.6 Å². The first-order valence-electron chi connectivity index (χ1n) is 12.6. The van der Waals surface area contributed by atoms with Crippen LogP contribution < -0.4 is 9.62 Å². The van der Waals surface area contributed by atoms with Gasteiger partial charge in [0.2, 0.25) is 11.8 Å². The Morgan fingerprint density at radius 1 is 0.875 bits per heavy atom. The van der Waals surface area contributed by atoms with Gasteiger partial charge in [0.1, 0.15) is 12.6 Å². The smallest absolute Gasteiger partial charge is 0.264 e. The van der Waals surface area contributed by atoms with Crippen LogP contribution in [0.4, 0.5) is 5.69 Å². The van der Waals surface area contributed by atoms with Crippen molar-refractivity contribution in [2.45, 2.75) is 58.1 Å². The number of carbonyl (C=O) groups is 2. The lowest BCUT2D eigenvalue weighted by Gasteiger charge is -2.32. The summed E-state index contributed by atoms with van der Waals surface area (Å²) in [5, 5.41) is 3.90. The van der Waals surface area contributed by atoms with Gasteiger partial charge < -0.3 is 10.2 Å². The molecule has 1 atom stereocenters. The number of anilines is 1. The lowest BCUT2D eigenvalue weighted by Crippen LogP contribution is -2.52. The summed E-state index contributed by atoms with van der Waals surface area (Å²) in [5.74, 6) is -0.957. The van der Waals surface area contributed by atoms with Crippen molar-refractivity contribution in [1.29, 1.82) is 0 Å². The molecule has 3 aromatic rings. The predicted octanol–water partition coefficient (Wildman–Crippen LogP) is 6.40. The maximum Gasteiger partial charge on any atom is 0.264 e. The van der Waals surface area contributed by atoms with E-state index in [0.717, 1.165) is 9.87 Å². The predicted molar refractivity (Wildman–Crippen MR) is 162 cm³/mol. The number of nitrogens with zero attached hydrogens (tertiary/aromatic N) is 2. The Kier molecular flexibility index (Phi) is 10.5. The first-order valence-corrected chi connectivity index (χ1v) is 15.2. The van der Waals surface area contributed by atoms with E-state index in [1.165, 1.54) is 17.0 Å². The molecule has 0 aliphatic rings. The highest BCUT2D eigenvalue weighted by Gasteiger charge is 2.33. The number of sulfonamides is 1. The number of benzene rings is 3. The van der Waals surface area contributed by atoms with Crippen molar-refractivity contribution in [3.8, 4) is 0 Å². The maximum absolute atomic E-state index is 14.0. The van der Waals surface area contributed by atoms with Gasteiger partial charge in [-0.3, -0.25) is 13.9 Å². The van der Waals surface area contributed by atoms with E-state index < -0.39 is 28.5 Å². The quantitative estimate of drug-likeness (QED) is 0.283. The Hall–Kier alpha value is -2.78. The van der Waals surface area contributed by atoms with E-state index >= 15 is 0 Å². The second kappa shape index (κ2) is 13.3. The average Bonchev–Trinajstić information content (AvgIpc) is 2.87. The van der Waals surface area contributed by atoms with Gasteiger partial charge >= 0.3 is 0 Å². The molecule has 0 heterocycles. The highest BCUT2D eigenvalue weighted by Crippen LogP contribution is 2.30. The summed E-state index contributed by atoms with van der Waals surface area (Å²) in [6, 6.07) is 15.0. The van der Waals surface area contributed by atoms with Crippen LogP contribution in [-0.2, 0) is 26.2 Å². The molecule has 0 spiro atoms. The molecule has 7 nitrogen and oxygen atoms in total. The Morgan fingerprint density at radius 2 is 1.52 bits per heavy atom. The van der Waals surface area contributed by atoms with Gasteiger partial charge in [-0.1, -0.05) is 58.6 Å². The molecule has 0 saturated heterocycles. The lowest BCUT2D eigenvalue weighted by molar-refractivity contribution is -0.139. The molecule has 0 bridgehead atoms. The van der Waals surface area contributed by atoms with Gasteiger partial charge in [-0.25, -0.2) is 8.42 Å². The summed E-state index contributed by atoms with van der Waals surface area (Å²) in [5.41, 5.74) is 2.38. The molecule has 11 heteroatoms. The molecule has 3 aromatic carbocycles. The zero-order chi connectivity index (χ0) is 29.8. The molecular formula is C29H32Cl3N3O4S. The fourth-order valence-electron chi connectivity index (χ4n) is 4.07. The van der Waals surface area contributed by atoms with Crippen LogP contribution in [0.2, 0.25) is 15.1 Å². The summed E-state index contributed by atoms with van der Waals surface area (Å²) in [6.07, 6.45) is 0. The van der Waals surface area contributed by atoms with Crippen molar-refractivity contribution < 1.29 is 18.0 Å². The number of aryl methyl sites for hydroxylation is 2. The van der Waals surface area contributed by atoms with Gasteiger partial charge in [0.25, 0.3) is 10.0 Å². The van der Waals surface area contributed by atoms with Crippen LogP contribution in [0.15, 0.2) is 65.6 Å². The fraction of sp³-hybridized carbons (Fsp3) is 0.310. The molecule has 0 aliphatic heterocycles. The number of halogens is 3. The van der Waals surface area contributed by atoms with Crippen molar-refractivity contribution in [3.05, 3.63) is 92.4 Å². The van der Waals surface area contributed by atoms with E-state index in [-0.39, 0.29) is 23.4 Å². The molecule has 214 valence electrons. The molecule has 0 radical (unpaired) electrons. The number of nitrogens with one attached hydrogen (secondary N) is 1. The Labute approximate surface area is 251 Å². The molecule has 0 fully saturated rings. The standard InChI is InChI=1S/C29H32Cl3N3O4S/c1-18(2)33-29(37)21(5)34(16-22-8-12-25(31)26(32)15-22)28(36)17-35(27-13-9-23(30)14-20(27)4)40(38,39)24-10-6-19(3)7-11-24/h6-15,18,21H,16-17H2,1-5H3,(H,33,37)/t21-/m1/s1. The van der Waals surface area contributed by atoms with E-state index in [4.69, 9.17) is 34.8 Å². The molecule has 1 N–H and O–H groups in total. The molecular weight excluding hydrogens is 593 g/mol. The second-order valence-electron chi connectivity index (χ2n) is 9.86. The van der Waals surface area contributed by atoms with Crippen LogP contribution in [0.5, 0.6) is 0 Å². The minimum absolute atomic E-state index is 0.000420. The van der Waals surface area contributed by atoms with Crippen LogP contribution in [0.1, 0.15) is 37.5 Å². The van der Waals surface area contributed by atoms with Crippen molar-refractivity contribution in [2.24, 2.45) is 0 Å². The molecule has 2 amide bonds. The van der Waals surface area contributed by atoms with Crippen molar-refractivity contribution in [1.82, 2.24) is 10.2 Å². The number of amides is 2. The summed E-state index contributed by atoms with van der Waals surface area (Å²) < 4.78 is 28.9. The second-order valence-corrected chi connectivity index (χ2v) is 13.0. The van der Waals surface area contributed by atoms with Crippen LogP contribution >= 0.6 is 34.8 Å². The number of hydrogen-bond acceptors (Lipinski definition) is 4. The molecule has 0 unspecified atom stereocenters. The highest BCUT2D eigenvalue weighted by atomic mass is 35.5. The third-order valence-electron chi connectivity index (χ3n) is 6.25. The van der Waals surface area contributed by atoms with Gasteiger partial charge in [0.15, 0.2) is 0 Å². The third-order valence-corrected chi connectivity index (χ3v) is 9.00. The molecule has 3 rings (SSSR count). The van der Waals surface area contributed by atoms with E-state index in [1.54, 1.807) is 62.4 Å². The largest absolute Gasteiger partial charge is 0.352 e. The lowest BCUT2D eigenvalue weighted by atomic mass is 10.1. The zero-order valence-corrected chi connectivity index (χ0v) is 26.0. The highest BCUT2D eigenvalue weighted by molar-refractivity contribution is 7.92. The first kappa shape index (κ1) is 31.7. The average molecular weight is 625 g/mol. The number of rotatable bonds is 10. The van der Waals surface area contributed by atoms with Crippen molar-refractivity contribution >= 4 is 62.3 Å². The third kappa shape index (κ3) is 7.69. The van der Waals surface area contributed by atoms with Crippen molar-refractivity contribution in [3.63, 3.8) is 0 Å². The van der Waals surface area contributed by atoms with E-state index in [9.17, 15) is 18.0 Å². The number of hydrogen-bond donors (Lipinski definition) is 1. The van der Waals surface area contributed by atoms with E-state index in [1.807, 2.05) is 20.8 Å². The Balaban J connectivity index is 2.08. The van der Waals surface area contributed by atoms with Crippen LogP contribution in [0.25, 0.3) is 0 Å². The van der Waals surface area contributed by atoms with Crippen molar-refractivity contribution in [2.75, 3.05) is 10.8 Å².